The van der Waals surface area contributed by atoms with E-state index in [9.17, 15) is 4.79 Å². The van der Waals surface area contributed by atoms with Gasteiger partial charge in [0.1, 0.15) is 0 Å². The topological polar surface area (TPSA) is 41.1 Å². The van der Waals surface area contributed by atoms with Crippen LogP contribution in [0.3, 0.4) is 0 Å². The first-order valence-corrected chi connectivity index (χ1v) is 8.78. The molecule has 1 atom stereocenters. The van der Waals surface area contributed by atoms with Gasteiger partial charge in [0.25, 0.3) is 0 Å². The Morgan fingerprint density at radius 2 is 1.83 bits per heavy atom. The summed E-state index contributed by atoms with van der Waals surface area (Å²) in [5.74, 6) is 2.89. The van der Waals surface area contributed by atoms with Crippen LogP contribution in [0.1, 0.15) is 64.9 Å². The van der Waals surface area contributed by atoms with E-state index >= 15 is 0 Å². The Hall–Kier alpha value is -1.79. The van der Waals surface area contributed by atoms with E-state index in [4.69, 9.17) is 6.42 Å². The van der Waals surface area contributed by atoms with Crippen molar-refractivity contribution in [3.63, 3.8) is 0 Å². The van der Waals surface area contributed by atoms with Crippen LogP contribution in [0.4, 0.5) is 0 Å². The molecule has 0 aliphatic carbocycles. The Bertz CT molecular complexity index is 582. The molecule has 24 heavy (non-hydrogen) atoms. The van der Waals surface area contributed by atoms with Crippen LogP contribution in [0.2, 0.25) is 0 Å². The molecular formula is C21H30N2O. The van der Waals surface area contributed by atoms with Crippen molar-refractivity contribution in [2.45, 2.75) is 76.4 Å². The molecule has 0 spiro atoms. The number of rotatable bonds is 5. The van der Waals surface area contributed by atoms with Gasteiger partial charge < -0.3 is 10.6 Å². The molecule has 0 bridgehead atoms. The van der Waals surface area contributed by atoms with Crippen LogP contribution in [-0.2, 0) is 4.79 Å². The molecule has 1 saturated heterocycles. The Labute approximate surface area is 146 Å². The zero-order valence-electron chi connectivity index (χ0n) is 15.4. The van der Waals surface area contributed by atoms with Gasteiger partial charge >= 0.3 is 0 Å². The maximum Gasteiger partial charge on any atom is 0.220 e. The number of nitrogens with one attached hydrogen (secondary N) is 2. The van der Waals surface area contributed by atoms with Gasteiger partial charge in [0.05, 0.1) is 0 Å². The summed E-state index contributed by atoms with van der Waals surface area (Å²) in [6.07, 6.45) is 8.41. The summed E-state index contributed by atoms with van der Waals surface area (Å²) in [5, 5.41) is 6.89. The van der Waals surface area contributed by atoms with Crippen molar-refractivity contribution in [3.05, 3.63) is 35.9 Å². The van der Waals surface area contributed by atoms with Gasteiger partial charge in [-0.15, -0.1) is 12.3 Å². The van der Waals surface area contributed by atoms with Gasteiger partial charge in [0.15, 0.2) is 0 Å². The first-order chi connectivity index (χ1) is 11.2. The quantitative estimate of drug-likeness (QED) is 0.812. The summed E-state index contributed by atoms with van der Waals surface area (Å²) in [7, 11) is 0. The Morgan fingerprint density at radius 1 is 1.25 bits per heavy atom. The van der Waals surface area contributed by atoms with Gasteiger partial charge in [0, 0.05) is 35.9 Å². The fourth-order valence-electron chi connectivity index (χ4n) is 4.11. The molecule has 0 radical (unpaired) electrons. The molecular weight excluding hydrogens is 296 g/mol. The van der Waals surface area contributed by atoms with Gasteiger partial charge in [-0.1, -0.05) is 30.3 Å². The minimum absolute atomic E-state index is 0.0251. The highest BCUT2D eigenvalue weighted by Crippen LogP contribution is 2.29. The number of hydrogen-bond donors (Lipinski definition) is 2. The molecule has 0 aromatic heterocycles. The molecule has 2 rings (SSSR count). The van der Waals surface area contributed by atoms with Crippen LogP contribution in [0.5, 0.6) is 0 Å². The van der Waals surface area contributed by atoms with Crippen molar-refractivity contribution in [1.82, 2.24) is 10.6 Å². The molecule has 1 aromatic carbocycles. The molecule has 1 fully saturated rings. The molecule has 2 N–H and O–H groups in total. The van der Waals surface area contributed by atoms with Crippen molar-refractivity contribution >= 4 is 5.91 Å². The highest BCUT2D eigenvalue weighted by Gasteiger charge is 2.38. The maximum absolute atomic E-state index is 12.6. The standard InChI is InChI=1S/C21H30N2O/c1-6-10-17(16-11-8-7-9-12-16)13-19(24)22-18-14-20(2,3)23-21(4,5)15-18/h1,7-9,11-12,17-18,23H,10,13-15H2,2-5H3,(H,22,24)/t17-/m0/s1. The number of benzene rings is 1. The van der Waals surface area contributed by atoms with Crippen LogP contribution in [0, 0.1) is 12.3 Å². The highest BCUT2D eigenvalue weighted by molar-refractivity contribution is 5.77. The van der Waals surface area contributed by atoms with Crippen molar-refractivity contribution in [1.29, 1.82) is 0 Å². The van der Waals surface area contributed by atoms with Crippen LogP contribution in [-0.4, -0.2) is 23.0 Å². The van der Waals surface area contributed by atoms with Crippen LogP contribution >= 0.6 is 0 Å². The number of piperidine rings is 1. The lowest BCUT2D eigenvalue weighted by Gasteiger charge is -2.46. The molecule has 130 valence electrons. The predicted octanol–water partition coefficient (Wildman–Crippen LogP) is 3.61. The van der Waals surface area contributed by atoms with Crippen molar-refractivity contribution in [3.8, 4) is 12.3 Å². The second-order valence-electron chi connectivity index (χ2n) is 8.29. The lowest BCUT2D eigenvalue weighted by molar-refractivity contribution is -0.122. The van der Waals surface area contributed by atoms with E-state index in [0.717, 1.165) is 18.4 Å². The summed E-state index contributed by atoms with van der Waals surface area (Å²) < 4.78 is 0. The smallest absolute Gasteiger partial charge is 0.220 e. The molecule has 0 unspecified atom stereocenters. The van der Waals surface area contributed by atoms with Crippen LogP contribution in [0.25, 0.3) is 0 Å². The third kappa shape index (κ3) is 5.39. The third-order valence-electron chi connectivity index (χ3n) is 4.62. The minimum Gasteiger partial charge on any atom is -0.353 e. The summed E-state index contributed by atoms with van der Waals surface area (Å²) in [4.78, 5) is 12.6. The Balaban J connectivity index is 2.00. The zero-order valence-corrected chi connectivity index (χ0v) is 15.4. The first-order valence-electron chi connectivity index (χ1n) is 8.78. The van der Waals surface area contributed by atoms with E-state index in [1.807, 2.05) is 30.3 Å². The average Bonchev–Trinajstić information content (AvgIpc) is 2.44. The normalized spacial score (nSPS) is 20.8. The van der Waals surface area contributed by atoms with Gasteiger partial charge in [-0.2, -0.15) is 0 Å². The minimum atomic E-state index is 0.0251. The summed E-state index contributed by atoms with van der Waals surface area (Å²) in [5.41, 5.74) is 1.19. The Kier molecular flexibility index (Phi) is 5.72. The second-order valence-corrected chi connectivity index (χ2v) is 8.29. The summed E-state index contributed by atoms with van der Waals surface area (Å²) in [6, 6.07) is 10.3. The molecule has 1 aromatic rings. The largest absolute Gasteiger partial charge is 0.353 e. The molecule has 0 saturated carbocycles. The average molecular weight is 326 g/mol. The van der Waals surface area contributed by atoms with Crippen molar-refractivity contribution in [2.24, 2.45) is 0 Å². The predicted molar refractivity (Wildman–Crippen MR) is 99.7 cm³/mol. The van der Waals surface area contributed by atoms with Crippen molar-refractivity contribution in [2.75, 3.05) is 0 Å². The molecule has 1 amide bonds. The molecule has 3 nitrogen and oxygen atoms in total. The number of carbonyl (C=O) groups excluding carboxylic acids is 1. The number of terminal acetylenes is 1. The van der Waals surface area contributed by atoms with Gasteiger partial charge in [-0.05, 0) is 46.1 Å². The molecule has 1 aliphatic rings. The van der Waals surface area contributed by atoms with Gasteiger partial charge in [-0.3, -0.25) is 4.79 Å². The van der Waals surface area contributed by atoms with Crippen LogP contribution in [0.15, 0.2) is 30.3 Å². The zero-order chi connectivity index (χ0) is 17.8. The van der Waals surface area contributed by atoms with E-state index in [2.05, 4.69) is 44.2 Å². The molecule has 1 aliphatic heterocycles. The summed E-state index contributed by atoms with van der Waals surface area (Å²) in [6.45, 7) is 8.77. The monoisotopic (exact) mass is 326 g/mol. The highest BCUT2D eigenvalue weighted by atomic mass is 16.1. The summed E-state index contributed by atoms with van der Waals surface area (Å²) >= 11 is 0. The van der Waals surface area contributed by atoms with Crippen molar-refractivity contribution < 1.29 is 4.79 Å². The second kappa shape index (κ2) is 7.40. The van der Waals surface area contributed by atoms with E-state index in [-0.39, 0.29) is 28.9 Å². The fourth-order valence-corrected chi connectivity index (χ4v) is 4.11. The lowest BCUT2D eigenvalue weighted by atomic mass is 9.79. The van der Waals surface area contributed by atoms with E-state index in [1.54, 1.807) is 0 Å². The number of hydrogen-bond acceptors (Lipinski definition) is 2. The van der Waals surface area contributed by atoms with Gasteiger partial charge in [0.2, 0.25) is 5.91 Å². The third-order valence-corrected chi connectivity index (χ3v) is 4.62. The van der Waals surface area contributed by atoms with Crippen LogP contribution < -0.4 is 10.6 Å². The van der Waals surface area contributed by atoms with E-state index in [0.29, 0.717) is 12.8 Å². The van der Waals surface area contributed by atoms with E-state index in [1.165, 1.54) is 0 Å². The SMILES string of the molecule is C#CC[C@@H](CC(=O)NC1CC(C)(C)NC(C)(C)C1)c1ccccc1. The molecule has 1 heterocycles. The van der Waals surface area contributed by atoms with E-state index < -0.39 is 0 Å². The maximum atomic E-state index is 12.6. The number of carbonyl (C=O) groups is 1. The first kappa shape index (κ1) is 18.5. The van der Waals surface area contributed by atoms with Gasteiger partial charge in [-0.25, -0.2) is 0 Å². The molecule has 3 heteroatoms. The lowest BCUT2D eigenvalue weighted by Crippen LogP contribution is -2.62. The Morgan fingerprint density at radius 3 is 2.38 bits per heavy atom. The number of amides is 1. The fraction of sp³-hybridized carbons (Fsp3) is 0.571.